The first-order chi connectivity index (χ1) is 27.9. The third-order valence-corrected chi connectivity index (χ3v) is 11.6. The molecular weight excluding hydrogens is 734 g/mol. The summed E-state index contributed by atoms with van der Waals surface area (Å²) in [5.74, 6) is -0.326. The lowest BCUT2D eigenvalue weighted by Gasteiger charge is -2.20. The van der Waals surface area contributed by atoms with Crippen molar-refractivity contribution in [2.24, 2.45) is 5.73 Å². The molecule has 0 amide bonds. The molecule has 0 aromatic carbocycles. The van der Waals surface area contributed by atoms with Gasteiger partial charge in [0.05, 0.1) is 19.8 Å². The second-order valence-electron chi connectivity index (χ2n) is 16.3. The molecule has 0 aliphatic carbocycles. The monoisotopic (exact) mass is 828 g/mol. The number of ether oxygens (including phenoxy) is 2. The molecule has 0 saturated carbocycles. The fraction of sp³-hybridized carbons (Fsp3) is 0.896. The van der Waals surface area contributed by atoms with Crippen molar-refractivity contribution in [1.82, 2.24) is 0 Å². The fourth-order valence-electron chi connectivity index (χ4n) is 7.03. The summed E-state index contributed by atoms with van der Waals surface area (Å²) in [7, 11) is -4.28. The number of rotatable bonds is 47. The summed E-state index contributed by atoms with van der Waals surface area (Å²) in [6, 6.07) is 0. The highest BCUT2D eigenvalue weighted by Gasteiger charge is 2.25. The summed E-state index contributed by atoms with van der Waals surface area (Å²) in [6.45, 7) is 4.94. The van der Waals surface area contributed by atoms with Crippen LogP contribution in [0.1, 0.15) is 239 Å². The highest BCUT2D eigenvalue weighted by Crippen LogP contribution is 2.43. The molecule has 9 heteroatoms. The third kappa shape index (κ3) is 45.9. The number of phosphoric acid groups is 1. The minimum absolute atomic E-state index is 0.0936. The van der Waals surface area contributed by atoms with Crippen molar-refractivity contribution in [2.45, 2.75) is 245 Å². The Labute approximate surface area is 353 Å². The fourth-order valence-corrected chi connectivity index (χ4v) is 7.79. The third-order valence-electron chi connectivity index (χ3n) is 10.6. The zero-order valence-corrected chi connectivity index (χ0v) is 38.5. The maximum Gasteiger partial charge on any atom is 0.472 e. The Morgan fingerprint density at radius 3 is 1.40 bits per heavy atom. The molecule has 0 fully saturated rings. The maximum atomic E-state index is 12.6. The van der Waals surface area contributed by atoms with Crippen LogP contribution in [0.2, 0.25) is 0 Å². The number of hydrogen-bond acceptors (Lipinski definition) is 7. The number of unbranched alkanes of at least 4 members (excludes halogenated alkanes) is 30. The predicted molar refractivity (Wildman–Crippen MR) is 243 cm³/mol. The molecule has 8 nitrogen and oxygen atoms in total. The molecule has 0 rings (SSSR count). The van der Waals surface area contributed by atoms with Gasteiger partial charge >= 0.3 is 13.8 Å². The van der Waals surface area contributed by atoms with E-state index >= 15 is 0 Å². The number of carbonyl (C=O) groups excluding carboxylic acids is 1. The lowest BCUT2D eigenvalue weighted by Crippen LogP contribution is -2.28. The molecular formula is C48H94NO7P. The molecule has 338 valence electrons. The summed E-state index contributed by atoms with van der Waals surface area (Å²) in [5.41, 5.74) is 5.38. The van der Waals surface area contributed by atoms with E-state index < -0.39 is 13.9 Å². The topological polar surface area (TPSA) is 117 Å². The average Bonchev–Trinajstić information content (AvgIpc) is 3.20. The van der Waals surface area contributed by atoms with Crippen LogP contribution in [0.15, 0.2) is 24.3 Å². The van der Waals surface area contributed by atoms with Gasteiger partial charge in [-0.1, -0.05) is 212 Å². The van der Waals surface area contributed by atoms with Crippen molar-refractivity contribution >= 4 is 13.8 Å². The molecule has 0 spiro atoms. The molecule has 0 radical (unpaired) electrons. The van der Waals surface area contributed by atoms with Crippen LogP contribution >= 0.6 is 7.82 Å². The zero-order valence-electron chi connectivity index (χ0n) is 37.6. The molecule has 57 heavy (non-hydrogen) atoms. The first-order valence-corrected chi connectivity index (χ1v) is 25.8. The number of allylic oxidation sites excluding steroid dienone is 4. The summed E-state index contributed by atoms with van der Waals surface area (Å²) in [5, 5.41) is 0. The number of nitrogens with two attached hydrogens (primary N) is 1. The summed E-state index contributed by atoms with van der Waals surface area (Å²) < 4.78 is 33.5. The van der Waals surface area contributed by atoms with Crippen molar-refractivity contribution in [3.63, 3.8) is 0 Å². The SMILES string of the molecule is CCCCC/C=C\C/C=C\CCCCCCCCCCCCOCC(COP(=O)(O)OCCN)OC(=O)CCCCCCCCCCCCCCCCCCCC. The smallest absolute Gasteiger partial charge is 0.457 e. The van der Waals surface area contributed by atoms with Crippen molar-refractivity contribution in [1.29, 1.82) is 0 Å². The number of esters is 1. The van der Waals surface area contributed by atoms with Gasteiger partial charge in [0.2, 0.25) is 0 Å². The highest BCUT2D eigenvalue weighted by atomic mass is 31.2. The molecule has 0 heterocycles. The van der Waals surface area contributed by atoms with Gasteiger partial charge in [0.15, 0.2) is 0 Å². The van der Waals surface area contributed by atoms with Crippen molar-refractivity contribution in [2.75, 3.05) is 33.0 Å². The second-order valence-corrected chi connectivity index (χ2v) is 17.8. The lowest BCUT2D eigenvalue weighted by molar-refractivity contribution is -0.154. The number of hydrogen-bond donors (Lipinski definition) is 2. The second kappa shape index (κ2) is 46.1. The van der Waals surface area contributed by atoms with Gasteiger partial charge in [0, 0.05) is 19.6 Å². The molecule has 0 saturated heterocycles. The normalized spacial score (nSPS) is 13.5. The first kappa shape index (κ1) is 56.0. The van der Waals surface area contributed by atoms with Crippen LogP contribution in [-0.2, 0) is 27.9 Å². The van der Waals surface area contributed by atoms with Gasteiger partial charge < -0.3 is 20.1 Å². The van der Waals surface area contributed by atoms with Crippen molar-refractivity contribution < 1.29 is 32.8 Å². The largest absolute Gasteiger partial charge is 0.472 e. The Morgan fingerprint density at radius 2 is 0.930 bits per heavy atom. The molecule has 2 unspecified atom stereocenters. The Morgan fingerprint density at radius 1 is 0.526 bits per heavy atom. The summed E-state index contributed by atoms with van der Waals surface area (Å²) in [4.78, 5) is 22.6. The van der Waals surface area contributed by atoms with Gasteiger partial charge in [-0.3, -0.25) is 13.8 Å². The minimum Gasteiger partial charge on any atom is -0.457 e. The van der Waals surface area contributed by atoms with E-state index in [1.165, 1.54) is 180 Å². The van der Waals surface area contributed by atoms with E-state index in [1.54, 1.807) is 0 Å². The van der Waals surface area contributed by atoms with Crippen LogP contribution < -0.4 is 5.73 Å². The van der Waals surface area contributed by atoms with E-state index in [4.69, 9.17) is 24.3 Å². The molecule has 0 aromatic rings. The van der Waals surface area contributed by atoms with Crippen LogP contribution in [0.5, 0.6) is 0 Å². The van der Waals surface area contributed by atoms with Crippen LogP contribution in [0.4, 0.5) is 0 Å². The number of phosphoric ester groups is 1. The molecule has 0 aliphatic rings. The van der Waals surface area contributed by atoms with E-state index in [0.717, 1.165) is 38.5 Å². The average molecular weight is 828 g/mol. The van der Waals surface area contributed by atoms with E-state index in [2.05, 4.69) is 38.2 Å². The standard InChI is InChI=1S/C48H94NO7P/c1-3-5-7-9-11-13-15-17-19-21-23-24-26-28-30-32-34-36-38-40-43-53-45-47(46-55-57(51,52)54-44-42-49)56-48(50)41-39-37-35-33-31-29-27-25-22-20-18-16-14-12-10-8-6-4-2/h11,13,17,19,47H,3-10,12,14-16,18,20-46,49H2,1-2H3,(H,51,52)/b13-11-,19-17-. The Kier molecular flexibility index (Phi) is 45.2. The zero-order chi connectivity index (χ0) is 41.6. The van der Waals surface area contributed by atoms with E-state index in [-0.39, 0.29) is 32.3 Å². The Bertz CT molecular complexity index is 930. The first-order valence-electron chi connectivity index (χ1n) is 24.3. The van der Waals surface area contributed by atoms with Gasteiger partial charge in [-0.15, -0.1) is 0 Å². The van der Waals surface area contributed by atoms with Crippen LogP contribution in [-0.4, -0.2) is 49.9 Å². The van der Waals surface area contributed by atoms with Crippen LogP contribution in [0.25, 0.3) is 0 Å². The van der Waals surface area contributed by atoms with Gasteiger partial charge in [-0.2, -0.15) is 0 Å². The molecule has 3 N–H and O–H groups in total. The van der Waals surface area contributed by atoms with Gasteiger partial charge in [0.25, 0.3) is 0 Å². The van der Waals surface area contributed by atoms with Crippen molar-refractivity contribution in [3.05, 3.63) is 24.3 Å². The van der Waals surface area contributed by atoms with E-state index in [9.17, 15) is 14.3 Å². The molecule has 0 bridgehead atoms. The van der Waals surface area contributed by atoms with Crippen LogP contribution in [0.3, 0.4) is 0 Å². The minimum atomic E-state index is -4.28. The van der Waals surface area contributed by atoms with Gasteiger partial charge in [-0.25, -0.2) is 4.57 Å². The summed E-state index contributed by atoms with van der Waals surface area (Å²) in [6.07, 6.45) is 52.0. The highest BCUT2D eigenvalue weighted by molar-refractivity contribution is 7.47. The molecule has 0 aliphatic heterocycles. The molecule has 0 aromatic heterocycles. The quantitative estimate of drug-likeness (QED) is 0.0270. The Hall–Kier alpha value is -1.02. The Balaban J connectivity index is 3.94. The van der Waals surface area contributed by atoms with Crippen molar-refractivity contribution in [3.8, 4) is 0 Å². The number of carbonyl (C=O) groups is 1. The van der Waals surface area contributed by atoms with E-state index in [0.29, 0.717) is 13.0 Å². The molecule has 2 atom stereocenters. The van der Waals surface area contributed by atoms with Gasteiger partial charge in [-0.05, 0) is 44.9 Å². The maximum absolute atomic E-state index is 12.6. The van der Waals surface area contributed by atoms with Gasteiger partial charge in [0.1, 0.15) is 6.10 Å². The lowest BCUT2D eigenvalue weighted by atomic mass is 10.0. The van der Waals surface area contributed by atoms with E-state index in [1.807, 2.05) is 0 Å². The van der Waals surface area contributed by atoms with Crippen LogP contribution in [0, 0.1) is 0 Å². The summed E-state index contributed by atoms with van der Waals surface area (Å²) >= 11 is 0. The predicted octanol–water partition coefficient (Wildman–Crippen LogP) is 14.8.